The topological polar surface area (TPSA) is 78.9 Å². The smallest absolute Gasteiger partial charge is 0.321 e. The highest BCUT2D eigenvalue weighted by molar-refractivity contribution is 5.90. The molecular formula is C20H22N2O4. The second kappa shape index (κ2) is 7.47. The number of nitrogens with one attached hydrogen (secondary N) is 1. The van der Waals surface area contributed by atoms with Crippen LogP contribution in [0.1, 0.15) is 17.5 Å². The molecule has 0 aromatic heterocycles. The highest BCUT2D eigenvalue weighted by atomic mass is 16.5. The predicted molar refractivity (Wildman–Crippen MR) is 98.8 cm³/mol. The molecule has 2 aromatic rings. The number of carboxylic acid groups (broad SMARTS) is 1. The van der Waals surface area contributed by atoms with Crippen molar-refractivity contribution < 1.29 is 19.4 Å². The molecule has 1 unspecified atom stereocenters. The van der Waals surface area contributed by atoms with Gasteiger partial charge in [-0.3, -0.25) is 4.79 Å². The summed E-state index contributed by atoms with van der Waals surface area (Å²) in [6.45, 7) is 4.74. The molecule has 2 amide bonds. The molecule has 0 aliphatic carbocycles. The normalized spacial score (nSPS) is 16.4. The molecular weight excluding hydrogens is 332 g/mol. The fraction of sp³-hybridized carbons (Fsp3) is 0.300. The van der Waals surface area contributed by atoms with Crippen molar-refractivity contribution in [2.45, 2.75) is 20.3 Å². The largest absolute Gasteiger partial charge is 0.481 e. The molecule has 0 spiro atoms. The lowest BCUT2D eigenvalue weighted by Crippen LogP contribution is -2.33. The second-order valence-corrected chi connectivity index (χ2v) is 6.65. The maximum absolute atomic E-state index is 12.2. The van der Waals surface area contributed by atoms with Crippen molar-refractivity contribution >= 4 is 17.7 Å². The molecule has 1 atom stereocenters. The number of carbonyl (C=O) groups is 2. The van der Waals surface area contributed by atoms with Gasteiger partial charge in [-0.1, -0.05) is 6.07 Å². The van der Waals surface area contributed by atoms with Crippen molar-refractivity contribution in [3.05, 3.63) is 53.6 Å². The van der Waals surface area contributed by atoms with Gasteiger partial charge in [-0.2, -0.15) is 0 Å². The van der Waals surface area contributed by atoms with Crippen LogP contribution in [-0.4, -0.2) is 35.1 Å². The molecule has 1 aliphatic heterocycles. The predicted octanol–water partition coefficient (Wildman–Crippen LogP) is 4.03. The third kappa shape index (κ3) is 4.33. The van der Waals surface area contributed by atoms with Crippen LogP contribution in [0.5, 0.6) is 11.5 Å². The maximum atomic E-state index is 12.2. The summed E-state index contributed by atoms with van der Waals surface area (Å²) in [7, 11) is 0. The number of hydrogen-bond donors (Lipinski definition) is 2. The number of ether oxygens (including phenoxy) is 1. The van der Waals surface area contributed by atoms with Crippen LogP contribution >= 0.6 is 0 Å². The standard InChI is InChI=1S/C20H22N2O4/c1-13-9-14(2)11-18(10-13)26-17-5-3-16(4-6-17)21-20(25)22-8-7-15(12-22)19(23)24/h3-6,9-11,15H,7-8,12H2,1-2H3,(H,21,25)(H,23,24). The number of hydrogen-bond acceptors (Lipinski definition) is 3. The van der Waals surface area contributed by atoms with Gasteiger partial charge in [-0.05, 0) is 67.8 Å². The van der Waals surface area contributed by atoms with Gasteiger partial charge in [0.15, 0.2) is 0 Å². The van der Waals surface area contributed by atoms with Crippen LogP contribution in [0, 0.1) is 19.8 Å². The summed E-state index contributed by atoms with van der Waals surface area (Å²) < 4.78 is 5.85. The molecule has 0 saturated carbocycles. The van der Waals surface area contributed by atoms with Crippen molar-refractivity contribution in [1.82, 2.24) is 4.90 Å². The van der Waals surface area contributed by atoms with E-state index in [2.05, 4.69) is 11.4 Å². The molecule has 26 heavy (non-hydrogen) atoms. The highest BCUT2D eigenvalue weighted by Crippen LogP contribution is 2.25. The van der Waals surface area contributed by atoms with E-state index in [0.29, 0.717) is 24.4 Å². The molecule has 0 bridgehead atoms. The number of aliphatic carboxylic acids is 1. The van der Waals surface area contributed by atoms with Crippen molar-refractivity contribution in [2.24, 2.45) is 5.92 Å². The monoisotopic (exact) mass is 354 g/mol. The first-order valence-electron chi connectivity index (χ1n) is 8.55. The molecule has 136 valence electrons. The Hall–Kier alpha value is -3.02. The SMILES string of the molecule is Cc1cc(C)cc(Oc2ccc(NC(=O)N3CCC(C(=O)O)C3)cc2)c1. The van der Waals surface area contributed by atoms with Crippen molar-refractivity contribution in [1.29, 1.82) is 0 Å². The molecule has 6 heteroatoms. The van der Waals surface area contributed by atoms with Crippen LogP contribution in [0.15, 0.2) is 42.5 Å². The van der Waals surface area contributed by atoms with Crippen molar-refractivity contribution in [3.8, 4) is 11.5 Å². The van der Waals surface area contributed by atoms with E-state index in [0.717, 1.165) is 16.9 Å². The van der Waals surface area contributed by atoms with Crippen LogP contribution in [0.25, 0.3) is 0 Å². The molecule has 0 radical (unpaired) electrons. The van der Waals surface area contributed by atoms with Crippen LogP contribution in [0.2, 0.25) is 0 Å². The van der Waals surface area contributed by atoms with Gasteiger partial charge < -0.3 is 20.1 Å². The lowest BCUT2D eigenvalue weighted by atomic mass is 10.1. The first kappa shape index (κ1) is 17.8. The Morgan fingerprint density at radius 2 is 1.73 bits per heavy atom. The number of anilines is 1. The van der Waals surface area contributed by atoms with E-state index >= 15 is 0 Å². The number of carboxylic acids is 1. The first-order chi connectivity index (χ1) is 12.4. The second-order valence-electron chi connectivity index (χ2n) is 6.65. The Labute approximate surface area is 152 Å². The van der Waals surface area contributed by atoms with Crippen LogP contribution < -0.4 is 10.1 Å². The van der Waals surface area contributed by atoms with Gasteiger partial charge in [0.05, 0.1) is 5.92 Å². The Morgan fingerprint density at radius 3 is 2.31 bits per heavy atom. The van der Waals surface area contributed by atoms with E-state index in [1.807, 2.05) is 26.0 Å². The Bertz CT molecular complexity index is 797. The van der Waals surface area contributed by atoms with Gasteiger partial charge >= 0.3 is 12.0 Å². The lowest BCUT2D eigenvalue weighted by molar-refractivity contribution is -0.141. The van der Waals surface area contributed by atoms with Gasteiger partial charge in [-0.25, -0.2) is 4.79 Å². The molecule has 1 saturated heterocycles. The summed E-state index contributed by atoms with van der Waals surface area (Å²) in [4.78, 5) is 24.7. The van der Waals surface area contributed by atoms with Crippen molar-refractivity contribution in [2.75, 3.05) is 18.4 Å². The number of aryl methyl sites for hydroxylation is 2. The Kier molecular flexibility index (Phi) is 5.11. The highest BCUT2D eigenvalue weighted by Gasteiger charge is 2.30. The zero-order valence-electron chi connectivity index (χ0n) is 14.9. The third-order valence-electron chi connectivity index (χ3n) is 4.36. The minimum Gasteiger partial charge on any atom is -0.481 e. The summed E-state index contributed by atoms with van der Waals surface area (Å²) in [6.07, 6.45) is 0.492. The quantitative estimate of drug-likeness (QED) is 0.869. The third-order valence-corrected chi connectivity index (χ3v) is 4.36. The Balaban J connectivity index is 1.59. The summed E-state index contributed by atoms with van der Waals surface area (Å²) in [6, 6.07) is 12.8. The molecule has 2 aromatic carbocycles. The molecule has 1 heterocycles. The summed E-state index contributed by atoms with van der Waals surface area (Å²) >= 11 is 0. The number of carbonyl (C=O) groups excluding carboxylic acids is 1. The molecule has 6 nitrogen and oxygen atoms in total. The average molecular weight is 354 g/mol. The zero-order valence-corrected chi connectivity index (χ0v) is 14.9. The fourth-order valence-corrected chi connectivity index (χ4v) is 3.08. The summed E-state index contributed by atoms with van der Waals surface area (Å²) in [5.74, 6) is 0.124. The number of rotatable bonds is 4. The number of amides is 2. The van der Waals surface area contributed by atoms with Crippen LogP contribution in [0.4, 0.5) is 10.5 Å². The Morgan fingerprint density at radius 1 is 1.08 bits per heavy atom. The molecule has 1 fully saturated rings. The molecule has 1 aliphatic rings. The summed E-state index contributed by atoms with van der Waals surface area (Å²) in [5, 5.41) is 11.8. The van der Waals surface area contributed by atoms with E-state index in [4.69, 9.17) is 9.84 Å². The van der Waals surface area contributed by atoms with E-state index in [1.54, 1.807) is 24.3 Å². The summed E-state index contributed by atoms with van der Waals surface area (Å²) in [5.41, 5.74) is 2.91. The minimum absolute atomic E-state index is 0.245. The number of urea groups is 1. The van der Waals surface area contributed by atoms with Crippen LogP contribution in [0.3, 0.4) is 0 Å². The van der Waals surface area contributed by atoms with Crippen LogP contribution in [-0.2, 0) is 4.79 Å². The van der Waals surface area contributed by atoms with E-state index in [9.17, 15) is 9.59 Å². The van der Waals surface area contributed by atoms with E-state index in [-0.39, 0.29) is 12.6 Å². The number of likely N-dealkylation sites (tertiary alicyclic amines) is 1. The fourth-order valence-electron chi connectivity index (χ4n) is 3.08. The van der Waals surface area contributed by atoms with Gasteiger partial charge in [0.2, 0.25) is 0 Å². The van der Waals surface area contributed by atoms with Gasteiger partial charge in [0.25, 0.3) is 0 Å². The average Bonchev–Trinajstić information content (AvgIpc) is 3.06. The van der Waals surface area contributed by atoms with E-state index < -0.39 is 11.9 Å². The first-order valence-corrected chi connectivity index (χ1v) is 8.55. The van der Waals surface area contributed by atoms with Gasteiger partial charge in [-0.15, -0.1) is 0 Å². The number of benzene rings is 2. The molecule has 3 rings (SSSR count). The lowest BCUT2D eigenvalue weighted by Gasteiger charge is -2.17. The van der Waals surface area contributed by atoms with Gasteiger partial charge in [0, 0.05) is 18.8 Å². The van der Waals surface area contributed by atoms with E-state index in [1.165, 1.54) is 4.90 Å². The van der Waals surface area contributed by atoms with Gasteiger partial charge in [0.1, 0.15) is 11.5 Å². The zero-order chi connectivity index (χ0) is 18.7. The van der Waals surface area contributed by atoms with Crippen molar-refractivity contribution in [3.63, 3.8) is 0 Å². The number of nitrogens with zero attached hydrogens (tertiary/aromatic N) is 1. The maximum Gasteiger partial charge on any atom is 0.321 e. The minimum atomic E-state index is -0.854. The molecule has 2 N–H and O–H groups in total.